The van der Waals surface area contributed by atoms with Crippen LogP contribution in [0.5, 0.6) is 0 Å². The highest BCUT2D eigenvalue weighted by Gasteiger charge is 2.34. The van der Waals surface area contributed by atoms with Gasteiger partial charge in [-0.3, -0.25) is 0 Å². The zero-order valence-corrected chi connectivity index (χ0v) is 10.5. The lowest BCUT2D eigenvalue weighted by Crippen LogP contribution is -2.41. The van der Waals surface area contributed by atoms with Crippen LogP contribution in [0.2, 0.25) is 0 Å². The molecule has 15 heavy (non-hydrogen) atoms. The molecule has 1 atom stereocenters. The van der Waals surface area contributed by atoms with Gasteiger partial charge in [-0.05, 0) is 37.5 Å². The highest BCUT2D eigenvalue weighted by molar-refractivity contribution is 9.10. The number of alkyl halides is 2. The molecule has 1 aromatic carbocycles. The zero-order chi connectivity index (χ0) is 11.8. The standard InChI is InChI=1S/C11H14BrF2N/c1-6-4-5-8(7(2)9(6)12)11(3,15)10(13)14/h4-5,10H,15H2,1-3H3. The van der Waals surface area contributed by atoms with Gasteiger partial charge in [0, 0.05) is 4.47 Å². The summed E-state index contributed by atoms with van der Waals surface area (Å²) >= 11 is 3.37. The summed E-state index contributed by atoms with van der Waals surface area (Å²) in [4.78, 5) is 0. The molecule has 2 N–H and O–H groups in total. The fourth-order valence-corrected chi connectivity index (χ4v) is 1.87. The van der Waals surface area contributed by atoms with Gasteiger partial charge in [0.25, 0.3) is 6.43 Å². The monoisotopic (exact) mass is 277 g/mol. The Morgan fingerprint density at radius 3 is 2.33 bits per heavy atom. The summed E-state index contributed by atoms with van der Waals surface area (Å²) in [6.45, 7) is 5.05. The largest absolute Gasteiger partial charge is 0.317 e. The second-order valence-corrected chi connectivity index (χ2v) is 4.75. The predicted molar refractivity (Wildman–Crippen MR) is 61.2 cm³/mol. The summed E-state index contributed by atoms with van der Waals surface area (Å²) in [7, 11) is 0. The lowest BCUT2D eigenvalue weighted by atomic mass is 9.89. The van der Waals surface area contributed by atoms with Crippen LogP contribution >= 0.6 is 15.9 Å². The van der Waals surface area contributed by atoms with Crippen molar-refractivity contribution in [2.45, 2.75) is 32.7 Å². The van der Waals surface area contributed by atoms with Gasteiger partial charge in [0.15, 0.2) is 0 Å². The van der Waals surface area contributed by atoms with Gasteiger partial charge in [0.2, 0.25) is 0 Å². The summed E-state index contributed by atoms with van der Waals surface area (Å²) in [5, 5.41) is 0. The summed E-state index contributed by atoms with van der Waals surface area (Å²) < 4.78 is 26.4. The van der Waals surface area contributed by atoms with Crippen molar-refractivity contribution in [3.8, 4) is 0 Å². The molecule has 0 aliphatic heterocycles. The van der Waals surface area contributed by atoms with Gasteiger partial charge in [-0.2, -0.15) is 0 Å². The van der Waals surface area contributed by atoms with Gasteiger partial charge in [-0.15, -0.1) is 0 Å². The van der Waals surface area contributed by atoms with Crippen LogP contribution in [-0.2, 0) is 5.54 Å². The van der Waals surface area contributed by atoms with Crippen molar-refractivity contribution in [2.24, 2.45) is 5.73 Å². The highest BCUT2D eigenvalue weighted by Crippen LogP contribution is 2.32. The Morgan fingerprint density at radius 1 is 1.33 bits per heavy atom. The summed E-state index contributed by atoms with van der Waals surface area (Å²) in [6.07, 6.45) is -2.58. The molecule has 0 aliphatic carbocycles. The minimum Gasteiger partial charge on any atom is -0.317 e. The van der Waals surface area contributed by atoms with E-state index in [1.165, 1.54) is 6.92 Å². The highest BCUT2D eigenvalue weighted by atomic mass is 79.9. The third-order valence-corrected chi connectivity index (χ3v) is 3.83. The van der Waals surface area contributed by atoms with Gasteiger partial charge in [-0.25, -0.2) is 8.78 Å². The second-order valence-electron chi connectivity index (χ2n) is 3.95. The molecule has 0 saturated heterocycles. The molecule has 0 aliphatic rings. The summed E-state index contributed by atoms with van der Waals surface area (Å²) in [6, 6.07) is 3.46. The van der Waals surface area contributed by atoms with Crippen LogP contribution in [-0.4, -0.2) is 6.43 Å². The SMILES string of the molecule is Cc1ccc(C(C)(N)C(F)F)c(C)c1Br. The fourth-order valence-electron chi connectivity index (χ4n) is 1.52. The molecule has 0 fully saturated rings. The van der Waals surface area contributed by atoms with Crippen LogP contribution in [0.3, 0.4) is 0 Å². The van der Waals surface area contributed by atoms with E-state index in [4.69, 9.17) is 5.73 Å². The third kappa shape index (κ3) is 2.21. The van der Waals surface area contributed by atoms with Crippen molar-refractivity contribution in [1.29, 1.82) is 0 Å². The van der Waals surface area contributed by atoms with Crippen molar-refractivity contribution >= 4 is 15.9 Å². The topological polar surface area (TPSA) is 26.0 Å². The van der Waals surface area contributed by atoms with Gasteiger partial charge >= 0.3 is 0 Å². The van der Waals surface area contributed by atoms with Crippen molar-refractivity contribution in [1.82, 2.24) is 0 Å². The van der Waals surface area contributed by atoms with Crippen LogP contribution < -0.4 is 5.73 Å². The predicted octanol–water partition coefficient (Wildman–Crippen LogP) is 3.50. The van der Waals surface area contributed by atoms with E-state index in [-0.39, 0.29) is 0 Å². The Kier molecular flexibility index (Phi) is 3.51. The Balaban J connectivity index is 3.34. The van der Waals surface area contributed by atoms with E-state index >= 15 is 0 Å². The number of halogens is 3. The molecule has 1 nitrogen and oxygen atoms in total. The molecule has 1 unspecified atom stereocenters. The number of rotatable bonds is 2. The molecule has 0 spiro atoms. The molecule has 84 valence electrons. The molecule has 0 aromatic heterocycles. The first-order chi connectivity index (χ1) is 6.78. The molecule has 0 radical (unpaired) electrons. The first-order valence-electron chi connectivity index (χ1n) is 4.61. The molecule has 4 heteroatoms. The smallest absolute Gasteiger partial charge is 0.260 e. The number of hydrogen-bond donors (Lipinski definition) is 1. The van der Waals surface area contributed by atoms with E-state index in [1.54, 1.807) is 19.1 Å². The van der Waals surface area contributed by atoms with E-state index in [0.29, 0.717) is 5.56 Å². The van der Waals surface area contributed by atoms with Gasteiger partial charge < -0.3 is 5.73 Å². The van der Waals surface area contributed by atoms with Crippen LogP contribution in [0.25, 0.3) is 0 Å². The third-order valence-electron chi connectivity index (χ3n) is 2.61. The number of benzene rings is 1. The molecule has 0 saturated carbocycles. The average Bonchev–Trinajstić information content (AvgIpc) is 2.13. The number of hydrogen-bond acceptors (Lipinski definition) is 1. The molecular weight excluding hydrogens is 264 g/mol. The van der Waals surface area contributed by atoms with Crippen LogP contribution in [0.15, 0.2) is 16.6 Å². The minimum atomic E-state index is -2.58. The molecule has 0 amide bonds. The van der Waals surface area contributed by atoms with Gasteiger partial charge in [0.05, 0.1) is 0 Å². The van der Waals surface area contributed by atoms with Crippen molar-refractivity contribution < 1.29 is 8.78 Å². The van der Waals surface area contributed by atoms with E-state index in [9.17, 15) is 8.78 Å². The van der Waals surface area contributed by atoms with Crippen LogP contribution in [0, 0.1) is 13.8 Å². The van der Waals surface area contributed by atoms with Crippen molar-refractivity contribution in [2.75, 3.05) is 0 Å². The Bertz CT molecular complexity index is 375. The fraction of sp³-hybridized carbons (Fsp3) is 0.455. The van der Waals surface area contributed by atoms with E-state index in [2.05, 4.69) is 15.9 Å². The lowest BCUT2D eigenvalue weighted by Gasteiger charge is -2.26. The zero-order valence-electron chi connectivity index (χ0n) is 8.94. The molecule has 1 rings (SSSR count). The van der Waals surface area contributed by atoms with E-state index in [0.717, 1.165) is 15.6 Å². The van der Waals surface area contributed by atoms with Crippen LogP contribution in [0.1, 0.15) is 23.6 Å². The van der Waals surface area contributed by atoms with Gasteiger partial charge in [-0.1, -0.05) is 28.1 Å². The molecule has 0 heterocycles. The maximum absolute atomic E-state index is 12.8. The molecular formula is C11H14BrF2N. The number of aryl methyl sites for hydroxylation is 1. The maximum Gasteiger partial charge on any atom is 0.260 e. The lowest BCUT2D eigenvalue weighted by molar-refractivity contribution is 0.0621. The Morgan fingerprint density at radius 2 is 1.87 bits per heavy atom. The average molecular weight is 278 g/mol. The van der Waals surface area contributed by atoms with Gasteiger partial charge in [0.1, 0.15) is 5.54 Å². The van der Waals surface area contributed by atoms with Crippen LogP contribution in [0.4, 0.5) is 8.78 Å². The second kappa shape index (κ2) is 4.18. The normalized spacial score (nSPS) is 15.5. The van der Waals surface area contributed by atoms with E-state index in [1.807, 2.05) is 6.92 Å². The molecule has 1 aromatic rings. The quantitative estimate of drug-likeness (QED) is 0.880. The first-order valence-corrected chi connectivity index (χ1v) is 5.41. The number of nitrogens with two attached hydrogens (primary N) is 1. The Hall–Kier alpha value is -0.480. The minimum absolute atomic E-state index is 0.481. The first kappa shape index (κ1) is 12.6. The summed E-state index contributed by atoms with van der Waals surface area (Å²) in [5.41, 5.74) is 6.31. The maximum atomic E-state index is 12.8. The van der Waals surface area contributed by atoms with Crippen molar-refractivity contribution in [3.05, 3.63) is 33.3 Å². The Labute approximate surface area is 96.8 Å². The van der Waals surface area contributed by atoms with E-state index < -0.39 is 12.0 Å². The summed E-state index contributed by atoms with van der Waals surface area (Å²) in [5.74, 6) is 0. The molecule has 0 bridgehead atoms. The van der Waals surface area contributed by atoms with Crippen molar-refractivity contribution in [3.63, 3.8) is 0 Å².